The zero-order chi connectivity index (χ0) is 18.7. The lowest BCUT2D eigenvalue weighted by Crippen LogP contribution is -2.25. The molecule has 1 atom stereocenters. The summed E-state index contributed by atoms with van der Waals surface area (Å²) in [5.41, 5.74) is 1.67. The Labute approximate surface area is 154 Å². The summed E-state index contributed by atoms with van der Waals surface area (Å²) in [4.78, 5) is 6.33. The van der Waals surface area contributed by atoms with Crippen molar-refractivity contribution in [2.24, 2.45) is 5.92 Å². The van der Waals surface area contributed by atoms with Crippen LogP contribution in [0.3, 0.4) is 0 Å². The molecule has 0 saturated heterocycles. The molecule has 1 unspecified atom stereocenters. The lowest BCUT2D eigenvalue weighted by Gasteiger charge is -2.23. The first-order valence-corrected chi connectivity index (χ1v) is 10.4. The summed E-state index contributed by atoms with van der Waals surface area (Å²) in [5.74, 6) is 0.465. The fourth-order valence-electron chi connectivity index (χ4n) is 2.91. The van der Waals surface area contributed by atoms with Crippen LogP contribution in [-0.4, -0.2) is 54.5 Å². The van der Waals surface area contributed by atoms with Crippen molar-refractivity contribution < 1.29 is 17.7 Å². The number of nitrogens with zero attached hydrogens (tertiary/aromatic N) is 4. The molecule has 0 aromatic carbocycles. The highest BCUT2D eigenvalue weighted by Gasteiger charge is 2.32. The maximum absolute atomic E-state index is 12.7. The van der Waals surface area contributed by atoms with Crippen LogP contribution in [0.25, 0.3) is 0 Å². The van der Waals surface area contributed by atoms with Crippen LogP contribution in [0.15, 0.2) is 28.2 Å². The Morgan fingerprint density at radius 1 is 1.46 bits per heavy atom. The van der Waals surface area contributed by atoms with Gasteiger partial charge in [0.15, 0.2) is 0 Å². The van der Waals surface area contributed by atoms with E-state index in [2.05, 4.69) is 15.0 Å². The highest BCUT2D eigenvalue weighted by Crippen LogP contribution is 2.32. The standard InChI is InChI=1S/C17H26N4O4S/c1-13(16-6-8-25-19-16)20(2)11-15-10-18-17(21(15)7-9-24-3)26(22,23)12-14-4-5-14/h6,8,10,13-14H,4-5,7,9,11-12H2,1-3H3. The Balaban J connectivity index is 1.81. The van der Waals surface area contributed by atoms with E-state index in [1.54, 1.807) is 24.1 Å². The first kappa shape index (κ1) is 19.1. The van der Waals surface area contributed by atoms with E-state index in [-0.39, 0.29) is 22.9 Å². The molecule has 1 aliphatic rings. The maximum atomic E-state index is 12.7. The molecule has 0 bridgehead atoms. The molecule has 8 nitrogen and oxygen atoms in total. The molecule has 2 heterocycles. The number of ether oxygens (including phenoxy) is 1. The van der Waals surface area contributed by atoms with E-state index in [1.165, 1.54) is 0 Å². The lowest BCUT2D eigenvalue weighted by atomic mass is 10.2. The number of aromatic nitrogens is 3. The molecule has 1 fully saturated rings. The summed E-state index contributed by atoms with van der Waals surface area (Å²) in [6.45, 7) is 3.46. The third kappa shape index (κ3) is 4.33. The second-order valence-electron chi connectivity index (χ2n) is 6.92. The van der Waals surface area contributed by atoms with Crippen LogP contribution in [0.2, 0.25) is 0 Å². The van der Waals surface area contributed by atoms with Crippen LogP contribution >= 0.6 is 0 Å². The summed E-state index contributed by atoms with van der Waals surface area (Å²) >= 11 is 0. The zero-order valence-electron chi connectivity index (χ0n) is 15.5. The van der Waals surface area contributed by atoms with Gasteiger partial charge in [0.2, 0.25) is 15.0 Å². The fraction of sp³-hybridized carbons (Fsp3) is 0.647. The van der Waals surface area contributed by atoms with Gasteiger partial charge in [-0.15, -0.1) is 0 Å². The van der Waals surface area contributed by atoms with E-state index in [1.807, 2.05) is 20.0 Å². The molecule has 0 aliphatic heterocycles. The molecule has 26 heavy (non-hydrogen) atoms. The van der Waals surface area contributed by atoms with Crippen molar-refractivity contribution in [1.29, 1.82) is 0 Å². The second kappa shape index (κ2) is 7.89. The predicted molar refractivity (Wildman–Crippen MR) is 95.3 cm³/mol. The molecule has 0 spiro atoms. The van der Waals surface area contributed by atoms with Gasteiger partial charge in [0, 0.05) is 26.3 Å². The topological polar surface area (TPSA) is 90.5 Å². The molecular formula is C17H26N4O4S. The van der Waals surface area contributed by atoms with Crippen LogP contribution in [0, 0.1) is 5.92 Å². The van der Waals surface area contributed by atoms with E-state index in [4.69, 9.17) is 9.26 Å². The van der Waals surface area contributed by atoms with Crippen molar-refractivity contribution >= 4 is 9.84 Å². The van der Waals surface area contributed by atoms with Crippen molar-refractivity contribution in [3.8, 4) is 0 Å². The van der Waals surface area contributed by atoms with Gasteiger partial charge in [0.1, 0.15) is 12.0 Å². The van der Waals surface area contributed by atoms with Crippen LogP contribution in [0.4, 0.5) is 0 Å². The third-order valence-electron chi connectivity index (χ3n) is 4.81. The van der Waals surface area contributed by atoms with Crippen molar-refractivity contribution in [3.05, 3.63) is 29.9 Å². The fourth-order valence-corrected chi connectivity index (χ4v) is 4.77. The molecule has 1 saturated carbocycles. The van der Waals surface area contributed by atoms with E-state index in [9.17, 15) is 8.42 Å². The molecular weight excluding hydrogens is 356 g/mol. The molecule has 3 rings (SSSR count). The van der Waals surface area contributed by atoms with E-state index in [0.29, 0.717) is 19.7 Å². The first-order chi connectivity index (χ1) is 12.4. The van der Waals surface area contributed by atoms with Crippen molar-refractivity contribution in [2.75, 3.05) is 26.5 Å². The minimum atomic E-state index is -3.39. The Kier molecular flexibility index (Phi) is 5.79. The summed E-state index contributed by atoms with van der Waals surface area (Å²) < 4.78 is 37.3. The first-order valence-electron chi connectivity index (χ1n) is 8.79. The van der Waals surface area contributed by atoms with Gasteiger partial charge in [-0.3, -0.25) is 4.90 Å². The third-order valence-corrected chi connectivity index (χ3v) is 6.60. The van der Waals surface area contributed by atoms with Crippen LogP contribution in [0.5, 0.6) is 0 Å². The smallest absolute Gasteiger partial charge is 0.227 e. The Hall–Kier alpha value is -1.71. The van der Waals surface area contributed by atoms with Gasteiger partial charge in [0.25, 0.3) is 0 Å². The second-order valence-corrected chi connectivity index (χ2v) is 8.84. The van der Waals surface area contributed by atoms with Crippen molar-refractivity contribution in [2.45, 2.75) is 44.1 Å². The van der Waals surface area contributed by atoms with E-state index < -0.39 is 9.84 Å². The van der Waals surface area contributed by atoms with E-state index >= 15 is 0 Å². The molecule has 0 radical (unpaired) electrons. The average Bonchev–Trinajstić information content (AvgIpc) is 3.10. The van der Waals surface area contributed by atoms with Crippen LogP contribution < -0.4 is 0 Å². The normalized spacial score (nSPS) is 16.3. The summed E-state index contributed by atoms with van der Waals surface area (Å²) in [5, 5.41) is 4.13. The predicted octanol–water partition coefficient (Wildman–Crippen LogP) is 1.89. The van der Waals surface area contributed by atoms with E-state index in [0.717, 1.165) is 24.2 Å². The number of rotatable bonds is 10. The molecule has 2 aromatic heterocycles. The van der Waals surface area contributed by atoms with Gasteiger partial charge in [0.05, 0.1) is 30.3 Å². The quantitative estimate of drug-likeness (QED) is 0.620. The number of imidazole rings is 1. The van der Waals surface area contributed by atoms with Crippen LogP contribution in [0.1, 0.15) is 37.2 Å². The molecule has 9 heteroatoms. The van der Waals surface area contributed by atoms with Gasteiger partial charge in [-0.25, -0.2) is 13.4 Å². The molecule has 144 valence electrons. The van der Waals surface area contributed by atoms with Gasteiger partial charge in [-0.05, 0) is 32.7 Å². The molecule has 0 N–H and O–H groups in total. The zero-order valence-corrected chi connectivity index (χ0v) is 16.3. The number of methoxy groups -OCH3 is 1. The van der Waals surface area contributed by atoms with Crippen molar-refractivity contribution in [1.82, 2.24) is 19.6 Å². The molecule has 2 aromatic rings. The summed E-state index contributed by atoms with van der Waals surface area (Å²) in [6, 6.07) is 1.86. The average molecular weight is 382 g/mol. The summed E-state index contributed by atoms with van der Waals surface area (Å²) in [6.07, 6.45) is 5.18. The Morgan fingerprint density at radius 2 is 2.23 bits per heavy atom. The molecule has 0 amide bonds. The highest BCUT2D eigenvalue weighted by molar-refractivity contribution is 7.91. The lowest BCUT2D eigenvalue weighted by molar-refractivity contribution is 0.180. The minimum Gasteiger partial charge on any atom is -0.383 e. The number of hydrogen-bond acceptors (Lipinski definition) is 7. The van der Waals surface area contributed by atoms with Gasteiger partial charge < -0.3 is 13.8 Å². The Morgan fingerprint density at radius 3 is 2.85 bits per heavy atom. The van der Waals surface area contributed by atoms with Crippen molar-refractivity contribution in [3.63, 3.8) is 0 Å². The monoisotopic (exact) mass is 382 g/mol. The van der Waals surface area contributed by atoms with Gasteiger partial charge >= 0.3 is 0 Å². The highest BCUT2D eigenvalue weighted by atomic mass is 32.2. The molecule has 1 aliphatic carbocycles. The Bertz CT molecular complexity index is 812. The number of hydrogen-bond donors (Lipinski definition) is 0. The van der Waals surface area contributed by atoms with Gasteiger partial charge in [-0.1, -0.05) is 5.16 Å². The van der Waals surface area contributed by atoms with Gasteiger partial charge in [-0.2, -0.15) is 0 Å². The summed E-state index contributed by atoms with van der Waals surface area (Å²) in [7, 11) is 0.182. The maximum Gasteiger partial charge on any atom is 0.227 e. The van der Waals surface area contributed by atoms with Crippen LogP contribution in [-0.2, 0) is 27.7 Å². The largest absolute Gasteiger partial charge is 0.383 e. The minimum absolute atomic E-state index is 0.0334. The SMILES string of the molecule is COCCn1c(CN(C)C(C)c2ccon2)cnc1S(=O)(=O)CC1CC1. The number of sulfone groups is 1.